The molecule has 2 aromatic carbocycles. The summed E-state index contributed by atoms with van der Waals surface area (Å²) in [5.41, 5.74) is -1.38. The Morgan fingerprint density at radius 3 is 2.61 bits per heavy atom. The Bertz CT molecular complexity index is 1250. The molecule has 1 N–H and O–H groups in total. The lowest BCUT2D eigenvalue weighted by atomic mass is 10.1. The van der Waals surface area contributed by atoms with Crippen LogP contribution in [0.4, 0.5) is 5.69 Å². The number of nitro benzene ring substituents is 1. The van der Waals surface area contributed by atoms with Crippen LogP contribution in [0.5, 0.6) is 5.75 Å². The third-order valence-corrected chi connectivity index (χ3v) is 4.86. The molecular formula is C21H17ClN2O7. The maximum Gasteiger partial charge on any atom is 0.349 e. The number of carbonyl (C=O) groups excluding carboxylic acids is 2. The van der Waals surface area contributed by atoms with Crippen LogP contribution in [0.3, 0.4) is 0 Å². The highest BCUT2D eigenvalue weighted by Crippen LogP contribution is 2.25. The molecule has 31 heavy (non-hydrogen) atoms. The molecule has 0 saturated carbocycles. The number of fused-ring (bicyclic) bond motifs is 1. The molecule has 0 aliphatic rings. The van der Waals surface area contributed by atoms with Crippen molar-refractivity contribution in [3.05, 3.63) is 79.1 Å². The average Bonchev–Trinajstić information content (AvgIpc) is 2.72. The first-order valence-electron chi connectivity index (χ1n) is 9.24. The second-order valence-electron chi connectivity index (χ2n) is 6.74. The van der Waals surface area contributed by atoms with E-state index < -0.39 is 22.4 Å². The summed E-state index contributed by atoms with van der Waals surface area (Å²) < 4.78 is 10.4. The molecule has 0 fully saturated rings. The Balaban J connectivity index is 1.88. The highest BCUT2D eigenvalue weighted by atomic mass is 35.5. The van der Waals surface area contributed by atoms with Crippen LogP contribution in [0.1, 0.15) is 41.0 Å². The second-order valence-corrected chi connectivity index (χ2v) is 7.15. The lowest BCUT2D eigenvalue weighted by Crippen LogP contribution is -2.34. The first kappa shape index (κ1) is 22.0. The molecule has 1 heterocycles. The number of carbonyl (C=O) groups is 2. The normalized spacial score (nSPS) is 11.7. The number of ether oxygens (including phenoxy) is 1. The standard InChI is InChI=1S/C21H17ClN2O7/c1-3-11(2)23-19(25)16-8-12-4-6-14(10-18(12)31-21(16)27)30-20(26)15-9-13(24(28)29)5-7-17(15)22/h4-11H,3H2,1-2H3,(H,23,25). The van der Waals surface area contributed by atoms with Crippen LogP contribution in [0.2, 0.25) is 5.02 Å². The number of halogens is 1. The van der Waals surface area contributed by atoms with E-state index in [1.807, 2.05) is 13.8 Å². The second kappa shape index (κ2) is 8.97. The fourth-order valence-corrected chi connectivity index (χ4v) is 2.86. The van der Waals surface area contributed by atoms with E-state index in [1.54, 1.807) is 0 Å². The van der Waals surface area contributed by atoms with E-state index in [2.05, 4.69) is 5.32 Å². The van der Waals surface area contributed by atoms with Crippen molar-refractivity contribution >= 4 is 40.1 Å². The van der Waals surface area contributed by atoms with Gasteiger partial charge in [0.1, 0.15) is 16.9 Å². The molecule has 3 rings (SSSR count). The number of nitro groups is 1. The smallest absolute Gasteiger partial charge is 0.349 e. The van der Waals surface area contributed by atoms with Gasteiger partial charge in [-0.3, -0.25) is 14.9 Å². The fraction of sp³-hybridized carbons (Fsp3) is 0.190. The minimum Gasteiger partial charge on any atom is -0.423 e. The molecule has 1 unspecified atom stereocenters. The van der Waals surface area contributed by atoms with E-state index in [0.29, 0.717) is 11.8 Å². The summed E-state index contributed by atoms with van der Waals surface area (Å²) in [4.78, 5) is 47.2. The van der Waals surface area contributed by atoms with Crippen LogP contribution in [-0.4, -0.2) is 22.8 Å². The summed E-state index contributed by atoms with van der Waals surface area (Å²) in [6.45, 7) is 3.71. The zero-order chi connectivity index (χ0) is 22.7. The Hall–Kier alpha value is -3.72. The van der Waals surface area contributed by atoms with Crippen LogP contribution >= 0.6 is 11.6 Å². The molecule has 0 aliphatic carbocycles. The van der Waals surface area contributed by atoms with Crippen molar-refractivity contribution in [1.82, 2.24) is 5.32 Å². The summed E-state index contributed by atoms with van der Waals surface area (Å²) in [7, 11) is 0. The number of nitrogens with one attached hydrogen (secondary N) is 1. The van der Waals surface area contributed by atoms with E-state index in [9.17, 15) is 24.5 Å². The number of hydrogen-bond acceptors (Lipinski definition) is 7. The van der Waals surface area contributed by atoms with Crippen molar-refractivity contribution in [2.24, 2.45) is 0 Å². The van der Waals surface area contributed by atoms with E-state index in [-0.39, 0.29) is 39.2 Å². The van der Waals surface area contributed by atoms with Crippen molar-refractivity contribution in [1.29, 1.82) is 0 Å². The number of rotatable bonds is 6. The monoisotopic (exact) mass is 444 g/mol. The van der Waals surface area contributed by atoms with Gasteiger partial charge in [0.05, 0.1) is 15.5 Å². The molecule has 0 spiro atoms. The molecule has 160 valence electrons. The maximum atomic E-state index is 12.4. The minimum atomic E-state index is -0.917. The van der Waals surface area contributed by atoms with Gasteiger partial charge in [-0.2, -0.15) is 0 Å². The molecule has 1 aromatic heterocycles. The predicted molar refractivity (Wildman–Crippen MR) is 113 cm³/mol. The third-order valence-electron chi connectivity index (χ3n) is 4.53. The number of nitrogens with zero attached hydrogens (tertiary/aromatic N) is 1. The topological polar surface area (TPSA) is 129 Å². The van der Waals surface area contributed by atoms with Crippen molar-refractivity contribution in [3.8, 4) is 5.75 Å². The van der Waals surface area contributed by atoms with Gasteiger partial charge in [-0.05, 0) is 37.6 Å². The molecule has 10 heteroatoms. The summed E-state index contributed by atoms with van der Waals surface area (Å²) in [6, 6.07) is 8.93. The molecule has 3 aromatic rings. The molecule has 0 saturated heterocycles. The summed E-state index contributed by atoms with van der Waals surface area (Å²) in [5.74, 6) is -1.43. The van der Waals surface area contributed by atoms with E-state index in [4.69, 9.17) is 20.8 Å². The molecule has 1 atom stereocenters. The molecular weight excluding hydrogens is 428 g/mol. The number of non-ortho nitro benzene ring substituents is 1. The van der Waals surface area contributed by atoms with E-state index >= 15 is 0 Å². The Kier molecular flexibility index (Phi) is 6.36. The van der Waals surface area contributed by atoms with Gasteiger partial charge in [0.15, 0.2) is 0 Å². The first-order chi connectivity index (χ1) is 14.7. The lowest BCUT2D eigenvalue weighted by molar-refractivity contribution is -0.384. The van der Waals surface area contributed by atoms with Gasteiger partial charge in [-0.15, -0.1) is 0 Å². The predicted octanol–water partition coefficient (Wildman–Crippen LogP) is 4.10. The average molecular weight is 445 g/mol. The number of benzene rings is 2. The quantitative estimate of drug-likeness (QED) is 0.199. The SMILES string of the molecule is CCC(C)NC(=O)c1cc2ccc(OC(=O)c3cc([N+](=O)[O-])ccc3Cl)cc2oc1=O. The van der Waals surface area contributed by atoms with Crippen LogP contribution in [0.25, 0.3) is 11.0 Å². The highest BCUT2D eigenvalue weighted by molar-refractivity contribution is 6.33. The van der Waals surface area contributed by atoms with Gasteiger partial charge in [0.2, 0.25) is 0 Å². The Morgan fingerprint density at radius 1 is 1.19 bits per heavy atom. The van der Waals surface area contributed by atoms with Gasteiger partial charge >= 0.3 is 11.6 Å². The van der Waals surface area contributed by atoms with Crippen molar-refractivity contribution in [2.75, 3.05) is 0 Å². The van der Waals surface area contributed by atoms with Crippen LogP contribution < -0.4 is 15.7 Å². The summed E-state index contributed by atoms with van der Waals surface area (Å²) in [6.07, 6.45) is 0.702. The molecule has 0 radical (unpaired) electrons. The van der Waals surface area contributed by atoms with E-state index in [1.165, 1.54) is 36.4 Å². The molecule has 1 amide bonds. The molecule has 9 nitrogen and oxygen atoms in total. The number of esters is 1. The third kappa shape index (κ3) is 4.89. The van der Waals surface area contributed by atoms with Gasteiger partial charge in [-0.25, -0.2) is 9.59 Å². The van der Waals surface area contributed by atoms with Crippen LogP contribution in [0, 0.1) is 10.1 Å². The van der Waals surface area contributed by atoms with Crippen molar-refractivity contribution < 1.29 is 23.7 Å². The first-order valence-corrected chi connectivity index (χ1v) is 9.62. The van der Waals surface area contributed by atoms with Crippen molar-refractivity contribution in [3.63, 3.8) is 0 Å². The molecule has 0 bridgehead atoms. The Labute approximate surface area is 180 Å². The highest BCUT2D eigenvalue weighted by Gasteiger charge is 2.19. The van der Waals surface area contributed by atoms with Crippen LogP contribution in [-0.2, 0) is 0 Å². The maximum absolute atomic E-state index is 12.4. The number of amides is 1. The van der Waals surface area contributed by atoms with Gasteiger partial charge < -0.3 is 14.5 Å². The zero-order valence-corrected chi connectivity index (χ0v) is 17.3. The molecule has 0 aliphatic heterocycles. The number of hydrogen-bond donors (Lipinski definition) is 1. The Morgan fingerprint density at radius 2 is 1.94 bits per heavy atom. The fourth-order valence-electron chi connectivity index (χ4n) is 2.66. The van der Waals surface area contributed by atoms with Gasteiger partial charge in [-0.1, -0.05) is 18.5 Å². The van der Waals surface area contributed by atoms with Gasteiger partial charge in [0.25, 0.3) is 11.6 Å². The minimum absolute atomic E-state index is 0.0140. The van der Waals surface area contributed by atoms with Crippen molar-refractivity contribution in [2.45, 2.75) is 26.3 Å². The largest absolute Gasteiger partial charge is 0.423 e. The zero-order valence-electron chi connectivity index (χ0n) is 16.5. The lowest BCUT2D eigenvalue weighted by Gasteiger charge is -2.11. The van der Waals surface area contributed by atoms with Crippen LogP contribution in [0.15, 0.2) is 51.7 Å². The summed E-state index contributed by atoms with van der Waals surface area (Å²) >= 11 is 5.95. The summed E-state index contributed by atoms with van der Waals surface area (Å²) in [5, 5.41) is 14.0. The van der Waals surface area contributed by atoms with Gasteiger partial charge in [0, 0.05) is 29.6 Å². The van der Waals surface area contributed by atoms with E-state index in [0.717, 1.165) is 6.07 Å².